The average molecular weight is 724 g/mol. The molecule has 0 N–H and O–H groups in total. The van der Waals surface area contributed by atoms with E-state index >= 15 is 0 Å². The van der Waals surface area contributed by atoms with E-state index in [4.69, 9.17) is 0 Å². The number of rotatable bonds is 6. The number of hydrogen-bond acceptors (Lipinski definition) is 1. The molecule has 266 valence electrons. The summed E-state index contributed by atoms with van der Waals surface area (Å²) in [6.07, 6.45) is 0. The molecule has 11 aromatic carbocycles. The van der Waals surface area contributed by atoms with Crippen molar-refractivity contribution in [3.05, 3.63) is 224 Å². The van der Waals surface area contributed by atoms with Gasteiger partial charge in [-0.25, -0.2) is 0 Å². The van der Waals surface area contributed by atoms with Gasteiger partial charge in [-0.3, -0.25) is 0 Å². The molecule has 0 heterocycles. The van der Waals surface area contributed by atoms with Gasteiger partial charge < -0.3 is 4.90 Å². The Balaban J connectivity index is 1.13. The van der Waals surface area contributed by atoms with Gasteiger partial charge in [0.15, 0.2) is 0 Å². The molecule has 0 saturated heterocycles. The second-order valence-corrected chi connectivity index (χ2v) is 14.9. The Morgan fingerprint density at radius 1 is 0.228 bits per heavy atom. The molecule has 11 aromatic rings. The fourth-order valence-electron chi connectivity index (χ4n) is 8.82. The van der Waals surface area contributed by atoms with Crippen LogP contribution in [0.1, 0.15) is 0 Å². The van der Waals surface area contributed by atoms with E-state index in [1.807, 2.05) is 0 Å². The lowest BCUT2D eigenvalue weighted by molar-refractivity contribution is 1.30. The quantitative estimate of drug-likeness (QED) is 0.154. The number of fused-ring (bicyclic) bond motifs is 8. The van der Waals surface area contributed by atoms with Crippen LogP contribution >= 0.6 is 0 Å². The summed E-state index contributed by atoms with van der Waals surface area (Å²) in [5.74, 6) is 0. The average Bonchev–Trinajstić information content (AvgIpc) is 3.29. The Hall–Kier alpha value is -7.48. The van der Waals surface area contributed by atoms with Crippen LogP contribution < -0.4 is 4.90 Å². The van der Waals surface area contributed by atoms with Crippen LogP contribution in [0, 0.1) is 0 Å². The Bertz CT molecular complexity index is 3270. The highest BCUT2D eigenvalue weighted by Crippen LogP contribution is 2.47. The highest BCUT2D eigenvalue weighted by Gasteiger charge is 2.22. The van der Waals surface area contributed by atoms with Crippen molar-refractivity contribution < 1.29 is 0 Å². The maximum absolute atomic E-state index is 2.48. The second kappa shape index (κ2) is 13.7. The summed E-state index contributed by atoms with van der Waals surface area (Å²) < 4.78 is 0. The van der Waals surface area contributed by atoms with Crippen LogP contribution in [0.15, 0.2) is 224 Å². The van der Waals surface area contributed by atoms with Crippen molar-refractivity contribution in [3.8, 4) is 33.4 Å². The highest BCUT2D eigenvalue weighted by molar-refractivity contribution is 6.18. The minimum atomic E-state index is 1.10. The normalized spacial score (nSPS) is 11.5. The molecule has 1 nitrogen and oxygen atoms in total. The van der Waals surface area contributed by atoms with Crippen LogP contribution in [-0.4, -0.2) is 0 Å². The van der Waals surface area contributed by atoms with E-state index in [9.17, 15) is 0 Å². The highest BCUT2D eigenvalue weighted by atomic mass is 15.1. The molecule has 0 amide bonds. The molecule has 1 heteroatoms. The molecule has 0 spiro atoms. The Morgan fingerprint density at radius 2 is 0.702 bits per heavy atom. The summed E-state index contributed by atoms with van der Waals surface area (Å²) in [4.78, 5) is 2.48. The molecule has 0 aliphatic heterocycles. The van der Waals surface area contributed by atoms with Crippen LogP contribution in [0.3, 0.4) is 0 Å². The van der Waals surface area contributed by atoms with Crippen LogP contribution in [0.2, 0.25) is 0 Å². The third-order valence-corrected chi connectivity index (χ3v) is 11.6. The van der Waals surface area contributed by atoms with E-state index in [0.29, 0.717) is 0 Å². The maximum atomic E-state index is 2.48. The van der Waals surface area contributed by atoms with Crippen LogP contribution in [-0.2, 0) is 0 Å². The molecule has 0 aliphatic carbocycles. The molecule has 0 fully saturated rings. The molecule has 0 unspecified atom stereocenters. The summed E-state index contributed by atoms with van der Waals surface area (Å²) >= 11 is 0. The first-order valence-electron chi connectivity index (χ1n) is 19.7. The monoisotopic (exact) mass is 723 g/mol. The van der Waals surface area contributed by atoms with Crippen molar-refractivity contribution in [1.29, 1.82) is 0 Å². The minimum absolute atomic E-state index is 1.10. The predicted molar refractivity (Wildman–Crippen MR) is 245 cm³/mol. The fourth-order valence-corrected chi connectivity index (χ4v) is 8.82. The number of hydrogen-bond donors (Lipinski definition) is 0. The number of nitrogens with zero attached hydrogens (tertiary/aromatic N) is 1. The van der Waals surface area contributed by atoms with E-state index in [0.717, 1.165) is 17.1 Å². The van der Waals surface area contributed by atoms with Gasteiger partial charge in [-0.05, 0) is 107 Å². The zero-order chi connectivity index (χ0) is 37.7. The summed E-state index contributed by atoms with van der Waals surface area (Å²) in [5, 5.41) is 12.6. The van der Waals surface area contributed by atoms with Gasteiger partial charge in [-0.1, -0.05) is 194 Å². The number of anilines is 3. The van der Waals surface area contributed by atoms with E-state index in [1.54, 1.807) is 0 Å². The zero-order valence-electron chi connectivity index (χ0n) is 31.3. The van der Waals surface area contributed by atoms with Crippen molar-refractivity contribution in [2.45, 2.75) is 0 Å². The third kappa shape index (κ3) is 5.72. The Kier molecular flexibility index (Phi) is 7.89. The Morgan fingerprint density at radius 3 is 1.44 bits per heavy atom. The molecule has 57 heavy (non-hydrogen) atoms. The lowest BCUT2D eigenvalue weighted by Gasteiger charge is -2.30. The molecule has 0 radical (unpaired) electrons. The predicted octanol–water partition coefficient (Wildman–Crippen LogP) is 15.9. The minimum Gasteiger partial charge on any atom is -0.309 e. The van der Waals surface area contributed by atoms with Gasteiger partial charge in [0.1, 0.15) is 0 Å². The summed E-state index contributed by atoms with van der Waals surface area (Å²) in [5.41, 5.74) is 10.5. The second-order valence-electron chi connectivity index (χ2n) is 14.9. The van der Waals surface area contributed by atoms with E-state index in [1.165, 1.54) is 87.2 Å². The van der Waals surface area contributed by atoms with Gasteiger partial charge in [0, 0.05) is 16.6 Å². The van der Waals surface area contributed by atoms with Crippen molar-refractivity contribution in [1.82, 2.24) is 0 Å². The smallest absolute Gasteiger partial charge is 0.0546 e. The van der Waals surface area contributed by atoms with Crippen molar-refractivity contribution >= 4 is 70.9 Å². The van der Waals surface area contributed by atoms with Gasteiger partial charge in [0.2, 0.25) is 0 Å². The maximum Gasteiger partial charge on any atom is 0.0546 e. The van der Waals surface area contributed by atoms with Crippen LogP contribution in [0.5, 0.6) is 0 Å². The molecule has 0 aromatic heterocycles. The SMILES string of the molecule is c1ccc(-c2ccc(-c3ccccc3)c(N(c3ccc(-c4ccc5ccc6c7ccccc7ccc6c5c4)cc3)c3cc4ccccc4c4ccccc34)c2)cc1. The van der Waals surface area contributed by atoms with E-state index in [-0.39, 0.29) is 0 Å². The van der Waals surface area contributed by atoms with Gasteiger partial charge in [0.05, 0.1) is 11.4 Å². The fraction of sp³-hybridized carbons (Fsp3) is 0. The summed E-state index contributed by atoms with van der Waals surface area (Å²) in [6, 6.07) is 82.2. The van der Waals surface area contributed by atoms with Gasteiger partial charge >= 0.3 is 0 Å². The third-order valence-electron chi connectivity index (χ3n) is 11.6. The van der Waals surface area contributed by atoms with Crippen molar-refractivity contribution in [2.24, 2.45) is 0 Å². The van der Waals surface area contributed by atoms with Crippen molar-refractivity contribution in [2.75, 3.05) is 4.90 Å². The molecular formula is C56H37N. The summed E-state index contributed by atoms with van der Waals surface area (Å²) in [7, 11) is 0. The van der Waals surface area contributed by atoms with Gasteiger partial charge in [-0.15, -0.1) is 0 Å². The van der Waals surface area contributed by atoms with E-state index < -0.39 is 0 Å². The molecule has 0 bridgehead atoms. The Labute approximate surface area is 332 Å². The number of benzene rings is 11. The lowest BCUT2D eigenvalue weighted by Crippen LogP contribution is -2.12. The molecule has 0 atom stereocenters. The first-order chi connectivity index (χ1) is 28.3. The molecule has 0 saturated carbocycles. The molecule has 0 aliphatic rings. The van der Waals surface area contributed by atoms with Gasteiger partial charge in [0.25, 0.3) is 0 Å². The zero-order valence-corrected chi connectivity index (χ0v) is 31.3. The van der Waals surface area contributed by atoms with Gasteiger partial charge in [-0.2, -0.15) is 0 Å². The topological polar surface area (TPSA) is 3.24 Å². The largest absolute Gasteiger partial charge is 0.309 e. The lowest BCUT2D eigenvalue weighted by atomic mass is 9.94. The van der Waals surface area contributed by atoms with Crippen LogP contribution in [0.4, 0.5) is 17.1 Å². The first kappa shape index (κ1) is 32.9. The first-order valence-corrected chi connectivity index (χ1v) is 19.7. The van der Waals surface area contributed by atoms with Crippen molar-refractivity contribution in [3.63, 3.8) is 0 Å². The standard InChI is InChI=1S/C56H37N/c1-3-13-38(14-4-1)44-29-32-49(40-15-5-2-6-16-40)55(36-44)57(56-37-45-18-8-10-20-48(45)50-21-11-12-22-53(50)56)46-30-25-39(26-31-46)43-24-23-42-28-33-51-47-19-9-7-17-41(47)27-34-52(51)54(42)35-43/h1-37H. The molecule has 11 rings (SSSR count). The van der Waals surface area contributed by atoms with Crippen LogP contribution in [0.25, 0.3) is 87.2 Å². The molecular weight excluding hydrogens is 687 g/mol. The van der Waals surface area contributed by atoms with E-state index in [2.05, 4.69) is 229 Å². The summed E-state index contributed by atoms with van der Waals surface area (Å²) in [6.45, 7) is 0.